The van der Waals surface area contributed by atoms with E-state index in [0.717, 1.165) is 36.2 Å². The molecule has 0 radical (unpaired) electrons. The Hall–Kier alpha value is -0.390. The minimum Gasteiger partial charge on any atom is -0.321 e. The Kier molecular flexibility index (Phi) is 5.86. The highest BCUT2D eigenvalue weighted by Gasteiger charge is 2.37. The third-order valence-corrected chi connectivity index (χ3v) is 5.36. The molecule has 1 atom stereocenters. The van der Waals surface area contributed by atoms with Crippen LogP contribution in [0.5, 0.6) is 0 Å². The number of rotatable bonds is 5. The fraction of sp³-hybridized carbons (Fsp3) is 0.812. The van der Waals surface area contributed by atoms with E-state index in [1.54, 1.807) is 0 Å². The van der Waals surface area contributed by atoms with Crippen LogP contribution in [0.2, 0.25) is 0 Å². The summed E-state index contributed by atoms with van der Waals surface area (Å²) in [5.74, 6) is 0. The molecular weight excluding hydrogens is 328 g/mol. The lowest BCUT2D eigenvalue weighted by Crippen LogP contribution is -2.52. The molecule has 1 unspecified atom stereocenters. The van der Waals surface area contributed by atoms with Crippen LogP contribution in [0.15, 0.2) is 10.7 Å². The van der Waals surface area contributed by atoms with Crippen molar-refractivity contribution in [2.45, 2.75) is 71.0 Å². The van der Waals surface area contributed by atoms with E-state index in [0.29, 0.717) is 0 Å². The highest BCUT2D eigenvalue weighted by atomic mass is 79.9. The second kappa shape index (κ2) is 7.25. The molecule has 5 heteroatoms. The van der Waals surface area contributed by atoms with Gasteiger partial charge in [0.15, 0.2) is 0 Å². The predicted molar refractivity (Wildman–Crippen MR) is 91.3 cm³/mol. The van der Waals surface area contributed by atoms with E-state index in [9.17, 15) is 0 Å². The van der Waals surface area contributed by atoms with Gasteiger partial charge in [-0.25, -0.2) is 0 Å². The summed E-state index contributed by atoms with van der Waals surface area (Å²) in [4.78, 5) is 2.57. The van der Waals surface area contributed by atoms with Crippen molar-refractivity contribution in [1.29, 1.82) is 0 Å². The van der Waals surface area contributed by atoms with Crippen LogP contribution >= 0.6 is 15.9 Å². The Morgan fingerprint density at radius 2 is 1.90 bits per heavy atom. The summed E-state index contributed by atoms with van der Waals surface area (Å²) in [6.07, 6.45) is 8.21. The second-order valence-electron chi connectivity index (χ2n) is 6.63. The first-order chi connectivity index (χ1) is 9.98. The molecule has 21 heavy (non-hydrogen) atoms. The van der Waals surface area contributed by atoms with Gasteiger partial charge >= 0.3 is 0 Å². The quantitative estimate of drug-likeness (QED) is 0.874. The fourth-order valence-electron chi connectivity index (χ4n) is 3.25. The third kappa shape index (κ3) is 3.69. The largest absolute Gasteiger partial charge is 0.321 e. The number of halogens is 1. The predicted octanol–water partition coefficient (Wildman–Crippen LogP) is 3.71. The maximum atomic E-state index is 6.70. The molecule has 0 bridgehead atoms. The first kappa shape index (κ1) is 17.0. The van der Waals surface area contributed by atoms with Gasteiger partial charge in [-0.05, 0) is 62.1 Å². The maximum Gasteiger partial charge on any atom is 0.0712 e. The number of likely N-dealkylation sites (tertiary alicyclic amines) is 1. The molecule has 1 fully saturated rings. The smallest absolute Gasteiger partial charge is 0.0712 e. The van der Waals surface area contributed by atoms with E-state index in [4.69, 9.17) is 5.73 Å². The molecule has 1 aromatic rings. The molecule has 4 nitrogen and oxygen atoms in total. The van der Waals surface area contributed by atoms with Crippen LogP contribution < -0.4 is 5.73 Å². The van der Waals surface area contributed by atoms with Crippen molar-refractivity contribution in [3.8, 4) is 0 Å². The van der Waals surface area contributed by atoms with Gasteiger partial charge in [0.2, 0.25) is 0 Å². The Morgan fingerprint density at radius 1 is 1.29 bits per heavy atom. The molecule has 1 saturated heterocycles. The molecule has 0 spiro atoms. The first-order valence-electron chi connectivity index (χ1n) is 8.20. The monoisotopic (exact) mass is 356 g/mol. The third-order valence-electron chi connectivity index (χ3n) is 4.75. The molecule has 2 heterocycles. The molecule has 1 aromatic heterocycles. The Morgan fingerprint density at radius 3 is 2.48 bits per heavy atom. The Bertz CT molecular complexity index is 447. The molecule has 0 saturated carbocycles. The summed E-state index contributed by atoms with van der Waals surface area (Å²) in [5, 5.41) is 4.47. The lowest BCUT2D eigenvalue weighted by molar-refractivity contribution is 0.0945. The van der Waals surface area contributed by atoms with Crippen molar-refractivity contribution >= 4 is 15.9 Å². The van der Waals surface area contributed by atoms with E-state index in [1.807, 2.05) is 6.20 Å². The first-order valence-corrected chi connectivity index (χ1v) is 8.99. The normalized spacial score (nSPS) is 19.5. The lowest BCUT2D eigenvalue weighted by Gasteiger charge is -2.42. The molecule has 1 aliphatic heterocycles. The zero-order valence-corrected chi connectivity index (χ0v) is 15.2. The van der Waals surface area contributed by atoms with Gasteiger partial charge in [-0.2, -0.15) is 5.10 Å². The lowest BCUT2D eigenvalue weighted by atomic mass is 9.90. The van der Waals surface area contributed by atoms with E-state index in [1.165, 1.54) is 25.7 Å². The Labute approximate surface area is 137 Å². The average molecular weight is 357 g/mol. The van der Waals surface area contributed by atoms with E-state index in [-0.39, 0.29) is 11.6 Å². The summed E-state index contributed by atoms with van der Waals surface area (Å²) in [6, 6.07) is -0.0426. The number of nitrogens with two attached hydrogens (primary N) is 1. The van der Waals surface area contributed by atoms with Crippen LogP contribution in [-0.2, 0) is 6.54 Å². The SMILES string of the molecule is CCCn1ncc(Br)c1C(N)C(C)(C)N1CCCCCC1. The van der Waals surface area contributed by atoms with E-state index < -0.39 is 0 Å². The van der Waals surface area contributed by atoms with Crippen LogP contribution in [0.25, 0.3) is 0 Å². The average Bonchev–Trinajstić information content (AvgIpc) is 2.68. The number of hydrogen-bond donors (Lipinski definition) is 1. The summed E-state index contributed by atoms with van der Waals surface area (Å²) in [6.45, 7) is 9.95. The number of aromatic nitrogens is 2. The molecule has 0 amide bonds. The second-order valence-corrected chi connectivity index (χ2v) is 7.49. The van der Waals surface area contributed by atoms with Gasteiger partial charge in [-0.15, -0.1) is 0 Å². The topological polar surface area (TPSA) is 47.1 Å². The van der Waals surface area contributed by atoms with Gasteiger partial charge < -0.3 is 5.73 Å². The zero-order chi connectivity index (χ0) is 15.5. The molecule has 120 valence electrons. The van der Waals surface area contributed by atoms with Crippen LogP contribution in [0.1, 0.15) is 64.6 Å². The van der Waals surface area contributed by atoms with Gasteiger partial charge in [-0.1, -0.05) is 19.8 Å². The summed E-state index contributed by atoms with van der Waals surface area (Å²) < 4.78 is 3.10. The van der Waals surface area contributed by atoms with Crippen molar-refractivity contribution in [2.24, 2.45) is 5.73 Å². The van der Waals surface area contributed by atoms with Crippen LogP contribution in [0.3, 0.4) is 0 Å². The minimum atomic E-state index is -0.0572. The minimum absolute atomic E-state index is 0.0426. The van der Waals surface area contributed by atoms with E-state index >= 15 is 0 Å². The molecule has 1 aliphatic rings. The molecule has 0 aliphatic carbocycles. The van der Waals surface area contributed by atoms with Crippen LogP contribution in [0, 0.1) is 0 Å². The number of hydrogen-bond acceptors (Lipinski definition) is 3. The van der Waals surface area contributed by atoms with Crippen molar-refractivity contribution in [3.63, 3.8) is 0 Å². The van der Waals surface area contributed by atoms with Crippen molar-refractivity contribution in [3.05, 3.63) is 16.4 Å². The molecule has 2 rings (SSSR count). The Balaban J connectivity index is 2.24. The van der Waals surface area contributed by atoms with Crippen LogP contribution in [-0.4, -0.2) is 33.3 Å². The number of nitrogens with zero attached hydrogens (tertiary/aromatic N) is 3. The van der Waals surface area contributed by atoms with Crippen LogP contribution in [0.4, 0.5) is 0 Å². The van der Waals surface area contributed by atoms with Gasteiger partial charge in [0, 0.05) is 12.1 Å². The van der Waals surface area contributed by atoms with Gasteiger partial charge in [-0.3, -0.25) is 9.58 Å². The summed E-state index contributed by atoms with van der Waals surface area (Å²) in [7, 11) is 0. The summed E-state index contributed by atoms with van der Waals surface area (Å²) in [5.41, 5.74) is 7.77. The number of aryl methyl sites for hydroxylation is 1. The van der Waals surface area contributed by atoms with Crippen molar-refractivity contribution < 1.29 is 0 Å². The van der Waals surface area contributed by atoms with Gasteiger partial charge in [0.05, 0.1) is 22.4 Å². The summed E-state index contributed by atoms with van der Waals surface area (Å²) >= 11 is 3.64. The fourth-order valence-corrected chi connectivity index (χ4v) is 3.79. The highest BCUT2D eigenvalue weighted by Crippen LogP contribution is 2.34. The standard InChI is InChI=1S/C16H29BrN4/c1-4-9-21-14(13(17)12-19-21)15(18)16(2,3)20-10-7-5-6-8-11-20/h12,15H,4-11,18H2,1-3H3. The maximum absolute atomic E-state index is 6.70. The van der Waals surface area contributed by atoms with Gasteiger partial charge in [0.25, 0.3) is 0 Å². The van der Waals surface area contributed by atoms with Crippen molar-refractivity contribution in [2.75, 3.05) is 13.1 Å². The van der Waals surface area contributed by atoms with E-state index in [2.05, 4.69) is 51.4 Å². The molecular formula is C16H29BrN4. The highest BCUT2D eigenvalue weighted by molar-refractivity contribution is 9.10. The van der Waals surface area contributed by atoms with Crippen molar-refractivity contribution in [1.82, 2.24) is 14.7 Å². The molecule has 2 N–H and O–H groups in total. The molecule has 0 aromatic carbocycles. The zero-order valence-electron chi connectivity index (χ0n) is 13.6. The van der Waals surface area contributed by atoms with Gasteiger partial charge in [0.1, 0.15) is 0 Å².